The van der Waals surface area contributed by atoms with E-state index >= 15 is 0 Å². The fraction of sp³-hybridized carbons (Fsp3) is 0.333. The van der Waals surface area contributed by atoms with Gasteiger partial charge in [-0.2, -0.15) is 0 Å². The van der Waals surface area contributed by atoms with Crippen LogP contribution in [0.25, 0.3) is 0 Å². The predicted octanol–water partition coefficient (Wildman–Crippen LogP) is 1.92. The van der Waals surface area contributed by atoms with Gasteiger partial charge in [0.1, 0.15) is 5.92 Å². The smallest absolute Gasteiger partial charge is 0.318 e. The zero-order chi connectivity index (χ0) is 11.5. The van der Waals surface area contributed by atoms with Crippen molar-refractivity contribution >= 4 is 11.7 Å². The van der Waals surface area contributed by atoms with Crippen molar-refractivity contribution in [2.75, 3.05) is 7.11 Å². The van der Waals surface area contributed by atoms with Crippen LogP contribution in [0.15, 0.2) is 35.5 Å². The molecule has 1 aromatic rings. The van der Waals surface area contributed by atoms with E-state index in [1.165, 1.54) is 7.11 Å². The van der Waals surface area contributed by atoms with E-state index in [4.69, 9.17) is 9.57 Å². The summed E-state index contributed by atoms with van der Waals surface area (Å²) in [7, 11) is 1.37. The molecule has 0 saturated heterocycles. The van der Waals surface area contributed by atoms with E-state index in [-0.39, 0.29) is 12.1 Å². The summed E-state index contributed by atoms with van der Waals surface area (Å²) in [6.07, 6.45) is -0.367. The Balaban J connectivity index is 2.27. The average molecular weight is 219 g/mol. The number of nitrogens with zero attached hydrogens (tertiary/aromatic N) is 1. The topological polar surface area (TPSA) is 47.9 Å². The fourth-order valence-electron chi connectivity index (χ4n) is 1.79. The molecule has 2 atom stereocenters. The summed E-state index contributed by atoms with van der Waals surface area (Å²) < 4.78 is 4.76. The Morgan fingerprint density at radius 3 is 2.69 bits per heavy atom. The van der Waals surface area contributed by atoms with Crippen molar-refractivity contribution in [3.8, 4) is 0 Å². The molecule has 0 N–H and O–H groups in total. The molecule has 0 saturated carbocycles. The summed E-state index contributed by atoms with van der Waals surface area (Å²) in [6, 6.07) is 9.55. The van der Waals surface area contributed by atoms with Crippen LogP contribution in [0.1, 0.15) is 18.6 Å². The maximum Gasteiger partial charge on any atom is 0.318 e. The zero-order valence-electron chi connectivity index (χ0n) is 9.21. The number of carbonyl (C=O) groups excluding carboxylic acids is 1. The van der Waals surface area contributed by atoms with Gasteiger partial charge in [0, 0.05) is 0 Å². The Morgan fingerprint density at radius 2 is 2.06 bits per heavy atom. The van der Waals surface area contributed by atoms with Gasteiger partial charge in [-0.25, -0.2) is 0 Å². The van der Waals surface area contributed by atoms with E-state index in [1.54, 1.807) is 6.92 Å². The van der Waals surface area contributed by atoms with Crippen molar-refractivity contribution in [1.82, 2.24) is 0 Å². The quantitative estimate of drug-likeness (QED) is 0.714. The molecule has 2 rings (SSSR count). The molecule has 84 valence electrons. The Labute approximate surface area is 93.9 Å². The molecule has 1 heterocycles. The third-order valence-electron chi connectivity index (χ3n) is 2.65. The van der Waals surface area contributed by atoms with Gasteiger partial charge in [0.25, 0.3) is 0 Å². The van der Waals surface area contributed by atoms with E-state index in [0.29, 0.717) is 5.71 Å². The Kier molecular flexibility index (Phi) is 2.90. The molecular weight excluding hydrogens is 206 g/mol. The largest absolute Gasteiger partial charge is 0.468 e. The highest BCUT2D eigenvalue weighted by atomic mass is 16.6. The van der Waals surface area contributed by atoms with Crippen LogP contribution in [0.2, 0.25) is 0 Å². The van der Waals surface area contributed by atoms with Gasteiger partial charge in [0.2, 0.25) is 0 Å². The van der Waals surface area contributed by atoms with Crippen LogP contribution in [-0.2, 0) is 14.4 Å². The van der Waals surface area contributed by atoms with Crippen molar-refractivity contribution in [3.05, 3.63) is 35.9 Å². The molecular formula is C12H13NO3. The minimum absolute atomic E-state index is 0.312. The fourth-order valence-corrected chi connectivity index (χ4v) is 1.79. The number of oxime groups is 1. The number of methoxy groups -OCH3 is 1. The van der Waals surface area contributed by atoms with Gasteiger partial charge in [-0.05, 0) is 12.5 Å². The standard InChI is InChI=1S/C12H13NO3/c1-8-10(12(14)15-2)11(16-13-8)9-6-4-3-5-7-9/h3-7,10-11H,1-2H3/t10-,11+/m1/s1. The van der Waals surface area contributed by atoms with E-state index in [2.05, 4.69) is 5.16 Å². The normalized spacial score (nSPS) is 23.5. The second-order valence-electron chi connectivity index (χ2n) is 3.67. The number of ether oxygens (including phenoxy) is 1. The maximum atomic E-state index is 11.6. The SMILES string of the molecule is COC(=O)[C@@H]1C(C)=NO[C@H]1c1ccccc1. The Hall–Kier alpha value is -1.84. The van der Waals surface area contributed by atoms with Crippen LogP contribution in [0, 0.1) is 5.92 Å². The van der Waals surface area contributed by atoms with Crippen molar-refractivity contribution in [2.24, 2.45) is 11.1 Å². The minimum atomic E-state index is -0.438. The summed E-state index contributed by atoms with van der Waals surface area (Å²) >= 11 is 0. The third-order valence-corrected chi connectivity index (χ3v) is 2.65. The predicted molar refractivity (Wildman–Crippen MR) is 58.9 cm³/mol. The molecule has 0 fully saturated rings. The number of carbonyl (C=O) groups is 1. The highest BCUT2D eigenvalue weighted by molar-refractivity contribution is 6.02. The monoisotopic (exact) mass is 219 g/mol. The van der Waals surface area contributed by atoms with Crippen molar-refractivity contribution < 1.29 is 14.4 Å². The minimum Gasteiger partial charge on any atom is -0.468 e. The molecule has 0 aromatic heterocycles. The first-order valence-corrected chi connectivity index (χ1v) is 5.07. The molecule has 4 nitrogen and oxygen atoms in total. The molecule has 0 bridgehead atoms. The van der Waals surface area contributed by atoms with Gasteiger partial charge in [-0.15, -0.1) is 0 Å². The number of esters is 1. The maximum absolute atomic E-state index is 11.6. The number of rotatable bonds is 2. The summed E-state index contributed by atoms with van der Waals surface area (Å²) in [5, 5.41) is 3.86. The number of hydrogen-bond donors (Lipinski definition) is 0. The van der Waals surface area contributed by atoms with E-state index in [9.17, 15) is 4.79 Å². The third kappa shape index (κ3) is 1.78. The second kappa shape index (κ2) is 4.35. The Morgan fingerprint density at radius 1 is 1.38 bits per heavy atom. The van der Waals surface area contributed by atoms with Crippen LogP contribution < -0.4 is 0 Å². The molecule has 0 unspecified atom stereocenters. The molecule has 0 aliphatic carbocycles. The molecule has 1 aliphatic rings. The van der Waals surface area contributed by atoms with Crippen molar-refractivity contribution in [3.63, 3.8) is 0 Å². The summed E-state index contributed by atoms with van der Waals surface area (Å²) in [4.78, 5) is 16.9. The van der Waals surface area contributed by atoms with Gasteiger partial charge in [-0.1, -0.05) is 35.5 Å². The van der Waals surface area contributed by atoms with Crippen molar-refractivity contribution in [1.29, 1.82) is 0 Å². The van der Waals surface area contributed by atoms with E-state index in [1.807, 2.05) is 30.3 Å². The lowest BCUT2D eigenvalue weighted by Gasteiger charge is -2.15. The molecule has 0 amide bonds. The number of benzene rings is 1. The van der Waals surface area contributed by atoms with Gasteiger partial charge in [0.05, 0.1) is 12.8 Å². The van der Waals surface area contributed by atoms with E-state index in [0.717, 1.165) is 5.56 Å². The highest BCUT2D eigenvalue weighted by Crippen LogP contribution is 2.33. The Bertz CT molecular complexity index is 414. The zero-order valence-corrected chi connectivity index (χ0v) is 9.21. The summed E-state index contributed by atoms with van der Waals surface area (Å²) in [5.74, 6) is -0.750. The van der Waals surface area contributed by atoms with E-state index < -0.39 is 5.92 Å². The van der Waals surface area contributed by atoms with Crippen LogP contribution >= 0.6 is 0 Å². The first kappa shape index (κ1) is 10.7. The first-order valence-electron chi connectivity index (χ1n) is 5.07. The second-order valence-corrected chi connectivity index (χ2v) is 3.67. The molecule has 4 heteroatoms. The van der Waals surface area contributed by atoms with Crippen LogP contribution in [-0.4, -0.2) is 18.8 Å². The lowest BCUT2D eigenvalue weighted by Crippen LogP contribution is -2.26. The van der Waals surface area contributed by atoms with Crippen LogP contribution in [0.5, 0.6) is 0 Å². The molecule has 1 aliphatic heterocycles. The van der Waals surface area contributed by atoms with Gasteiger partial charge < -0.3 is 9.57 Å². The summed E-state index contributed by atoms with van der Waals surface area (Å²) in [6.45, 7) is 1.77. The lowest BCUT2D eigenvalue weighted by atomic mass is 9.93. The first-order chi connectivity index (χ1) is 7.74. The molecule has 16 heavy (non-hydrogen) atoms. The average Bonchev–Trinajstić information content (AvgIpc) is 2.71. The summed E-state index contributed by atoms with van der Waals surface area (Å²) in [5.41, 5.74) is 1.58. The highest BCUT2D eigenvalue weighted by Gasteiger charge is 2.39. The molecule has 1 aromatic carbocycles. The number of hydrogen-bond acceptors (Lipinski definition) is 4. The van der Waals surface area contributed by atoms with Crippen molar-refractivity contribution in [2.45, 2.75) is 13.0 Å². The van der Waals surface area contributed by atoms with Crippen LogP contribution in [0.3, 0.4) is 0 Å². The lowest BCUT2D eigenvalue weighted by molar-refractivity contribution is -0.146. The molecule has 0 spiro atoms. The van der Waals surface area contributed by atoms with Gasteiger partial charge >= 0.3 is 5.97 Å². The van der Waals surface area contributed by atoms with Crippen LogP contribution in [0.4, 0.5) is 0 Å². The van der Waals surface area contributed by atoms with Gasteiger partial charge in [0.15, 0.2) is 6.10 Å². The molecule has 0 radical (unpaired) electrons. The van der Waals surface area contributed by atoms with Gasteiger partial charge in [-0.3, -0.25) is 4.79 Å².